The molecule has 0 aromatic heterocycles. The summed E-state index contributed by atoms with van der Waals surface area (Å²) in [5.41, 5.74) is 1.81. The molecule has 0 saturated heterocycles. The van der Waals surface area contributed by atoms with Crippen LogP contribution in [0.15, 0.2) is 29.3 Å². The number of benzene rings is 1. The molecule has 1 aromatic carbocycles. The number of aromatic hydroxyl groups is 1. The summed E-state index contributed by atoms with van der Waals surface area (Å²) in [6.45, 7) is 8.37. The molecule has 88 valence electrons. The van der Waals surface area contributed by atoms with Crippen LogP contribution in [0.4, 0.5) is 0 Å². The molecule has 16 heavy (non-hydrogen) atoms. The van der Waals surface area contributed by atoms with E-state index in [0.29, 0.717) is 18.3 Å². The molecule has 0 aliphatic heterocycles. The van der Waals surface area contributed by atoms with Crippen molar-refractivity contribution >= 4 is 15.9 Å². The number of halogens is 1. The third kappa shape index (κ3) is 3.65. The van der Waals surface area contributed by atoms with Gasteiger partial charge in [-0.05, 0) is 38.0 Å². The van der Waals surface area contributed by atoms with Crippen molar-refractivity contribution in [3.05, 3.63) is 40.4 Å². The standard InChI is InChI=1S/C13H18BrNO/c1-4-5-10(3)15-8-11-7-12(14)6-9(2)13(11)16/h4,6-7,10,15-16H,1,5,8H2,2-3H3. The lowest BCUT2D eigenvalue weighted by Crippen LogP contribution is -2.24. The molecule has 1 rings (SSSR count). The lowest BCUT2D eigenvalue weighted by molar-refractivity contribution is 0.455. The summed E-state index contributed by atoms with van der Waals surface area (Å²) in [5.74, 6) is 0.376. The fourth-order valence-corrected chi connectivity index (χ4v) is 2.18. The molecule has 0 amide bonds. The van der Waals surface area contributed by atoms with Gasteiger partial charge in [-0.15, -0.1) is 6.58 Å². The van der Waals surface area contributed by atoms with E-state index in [9.17, 15) is 5.11 Å². The highest BCUT2D eigenvalue weighted by molar-refractivity contribution is 9.10. The number of aryl methyl sites for hydroxylation is 1. The van der Waals surface area contributed by atoms with Crippen molar-refractivity contribution in [2.24, 2.45) is 0 Å². The van der Waals surface area contributed by atoms with Crippen LogP contribution in [0.2, 0.25) is 0 Å². The minimum atomic E-state index is 0.371. The van der Waals surface area contributed by atoms with Crippen LogP contribution < -0.4 is 5.32 Å². The summed E-state index contributed by atoms with van der Waals surface area (Å²) >= 11 is 3.43. The van der Waals surface area contributed by atoms with E-state index in [1.807, 2.05) is 25.1 Å². The average Bonchev–Trinajstić information content (AvgIpc) is 2.21. The predicted octanol–water partition coefficient (Wildman–Crippen LogP) is 3.52. The van der Waals surface area contributed by atoms with Crippen LogP contribution in [0.25, 0.3) is 0 Å². The van der Waals surface area contributed by atoms with E-state index < -0.39 is 0 Å². The van der Waals surface area contributed by atoms with E-state index in [4.69, 9.17) is 0 Å². The van der Waals surface area contributed by atoms with E-state index in [1.54, 1.807) is 0 Å². The zero-order valence-electron chi connectivity index (χ0n) is 9.76. The summed E-state index contributed by atoms with van der Waals surface area (Å²) in [4.78, 5) is 0. The van der Waals surface area contributed by atoms with Crippen molar-refractivity contribution in [2.75, 3.05) is 0 Å². The summed E-state index contributed by atoms with van der Waals surface area (Å²) in [5, 5.41) is 13.2. The van der Waals surface area contributed by atoms with Crippen molar-refractivity contribution in [1.82, 2.24) is 5.32 Å². The van der Waals surface area contributed by atoms with E-state index in [-0.39, 0.29) is 0 Å². The third-order valence-electron chi connectivity index (χ3n) is 2.51. The zero-order chi connectivity index (χ0) is 12.1. The van der Waals surface area contributed by atoms with Gasteiger partial charge in [-0.25, -0.2) is 0 Å². The first-order chi connectivity index (χ1) is 7.54. The number of hydrogen-bond donors (Lipinski definition) is 2. The van der Waals surface area contributed by atoms with Crippen LogP contribution in [0.5, 0.6) is 5.75 Å². The molecule has 0 aliphatic rings. The van der Waals surface area contributed by atoms with Gasteiger partial charge in [0.05, 0.1) is 0 Å². The first kappa shape index (κ1) is 13.3. The van der Waals surface area contributed by atoms with E-state index >= 15 is 0 Å². The first-order valence-corrected chi connectivity index (χ1v) is 6.16. The molecule has 0 radical (unpaired) electrons. The maximum absolute atomic E-state index is 9.88. The van der Waals surface area contributed by atoms with Crippen molar-refractivity contribution in [3.63, 3.8) is 0 Å². The lowest BCUT2D eigenvalue weighted by Gasteiger charge is -2.13. The third-order valence-corrected chi connectivity index (χ3v) is 2.96. The first-order valence-electron chi connectivity index (χ1n) is 5.37. The second kappa shape index (κ2) is 6.06. The quantitative estimate of drug-likeness (QED) is 0.811. The van der Waals surface area contributed by atoms with Gasteiger partial charge in [-0.1, -0.05) is 22.0 Å². The predicted molar refractivity (Wildman–Crippen MR) is 71.7 cm³/mol. The van der Waals surface area contributed by atoms with E-state index in [1.165, 1.54) is 0 Å². The lowest BCUT2D eigenvalue weighted by atomic mass is 10.1. The van der Waals surface area contributed by atoms with E-state index in [2.05, 4.69) is 34.7 Å². The summed E-state index contributed by atoms with van der Waals surface area (Å²) in [6, 6.07) is 4.22. The fourth-order valence-electron chi connectivity index (χ4n) is 1.56. The van der Waals surface area contributed by atoms with Gasteiger partial charge in [0.1, 0.15) is 5.75 Å². The van der Waals surface area contributed by atoms with Gasteiger partial charge in [0.15, 0.2) is 0 Å². The molecule has 0 bridgehead atoms. The van der Waals surface area contributed by atoms with Gasteiger partial charge in [0, 0.05) is 22.6 Å². The molecule has 2 N–H and O–H groups in total. The van der Waals surface area contributed by atoms with Crippen LogP contribution in [-0.2, 0) is 6.54 Å². The van der Waals surface area contributed by atoms with Crippen LogP contribution >= 0.6 is 15.9 Å². The number of nitrogens with one attached hydrogen (secondary N) is 1. The molecule has 1 unspecified atom stereocenters. The molecule has 2 nitrogen and oxygen atoms in total. The van der Waals surface area contributed by atoms with Gasteiger partial charge in [0.2, 0.25) is 0 Å². The molecule has 0 aliphatic carbocycles. The van der Waals surface area contributed by atoms with Gasteiger partial charge < -0.3 is 10.4 Å². The Balaban J connectivity index is 2.70. The second-order valence-electron chi connectivity index (χ2n) is 4.04. The maximum atomic E-state index is 9.88. The summed E-state index contributed by atoms with van der Waals surface area (Å²) in [7, 11) is 0. The van der Waals surface area contributed by atoms with Gasteiger partial charge in [-0.3, -0.25) is 0 Å². The van der Waals surface area contributed by atoms with Gasteiger partial charge in [0.25, 0.3) is 0 Å². The highest BCUT2D eigenvalue weighted by Crippen LogP contribution is 2.26. The Hall–Kier alpha value is -0.800. The Bertz CT molecular complexity index is 376. The molecule has 3 heteroatoms. The number of phenolic OH excluding ortho intramolecular Hbond substituents is 1. The highest BCUT2D eigenvalue weighted by Gasteiger charge is 2.07. The molecule has 0 heterocycles. The Morgan fingerprint density at radius 2 is 2.25 bits per heavy atom. The second-order valence-corrected chi connectivity index (χ2v) is 4.95. The van der Waals surface area contributed by atoms with Crippen molar-refractivity contribution < 1.29 is 5.11 Å². The number of rotatable bonds is 5. The summed E-state index contributed by atoms with van der Waals surface area (Å²) < 4.78 is 0.996. The number of phenols is 1. The van der Waals surface area contributed by atoms with Crippen molar-refractivity contribution in [2.45, 2.75) is 32.9 Å². The van der Waals surface area contributed by atoms with Crippen LogP contribution in [-0.4, -0.2) is 11.1 Å². The van der Waals surface area contributed by atoms with E-state index in [0.717, 1.165) is 22.0 Å². The van der Waals surface area contributed by atoms with Crippen LogP contribution in [0.3, 0.4) is 0 Å². The zero-order valence-corrected chi connectivity index (χ0v) is 11.3. The largest absolute Gasteiger partial charge is 0.507 e. The van der Waals surface area contributed by atoms with Gasteiger partial charge in [-0.2, -0.15) is 0 Å². The normalized spacial score (nSPS) is 12.4. The summed E-state index contributed by atoms with van der Waals surface area (Å²) in [6.07, 6.45) is 2.82. The Kier molecular flexibility index (Phi) is 5.03. The molecule has 1 atom stereocenters. The molecule has 0 spiro atoms. The highest BCUT2D eigenvalue weighted by atomic mass is 79.9. The smallest absolute Gasteiger partial charge is 0.123 e. The Labute approximate surface area is 106 Å². The minimum Gasteiger partial charge on any atom is -0.507 e. The average molecular weight is 284 g/mol. The molecule has 0 saturated carbocycles. The molecule has 1 aromatic rings. The fraction of sp³-hybridized carbons (Fsp3) is 0.385. The van der Waals surface area contributed by atoms with Crippen molar-refractivity contribution in [1.29, 1.82) is 0 Å². The maximum Gasteiger partial charge on any atom is 0.123 e. The van der Waals surface area contributed by atoms with Crippen LogP contribution in [0, 0.1) is 6.92 Å². The monoisotopic (exact) mass is 283 g/mol. The Morgan fingerprint density at radius 1 is 1.56 bits per heavy atom. The van der Waals surface area contributed by atoms with Crippen molar-refractivity contribution in [3.8, 4) is 5.75 Å². The molecular weight excluding hydrogens is 266 g/mol. The SMILES string of the molecule is C=CCC(C)NCc1cc(Br)cc(C)c1O. The van der Waals surface area contributed by atoms with Crippen LogP contribution in [0.1, 0.15) is 24.5 Å². The van der Waals surface area contributed by atoms with Gasteiger partial charge >= 0.3 is 0 Å². The molecular formula is C13H18BrNO. The minimum absolute atomic E-state index is 0.371. The molecule has 0 fully saturated rings. The number of hydrogen-bond acceptors (Lipinski definition) is 2. The Morgan fingerprint density at radius 3 is 2.88 bits per heavy atom. The topological polar surface area (TPSA) is 32.3 Å².